The molecule has 18 heavy (non-hydrogen) atoms. The average molecular weight is 248 g/mol. The molecule has 1 atom stereocenters. The summed E-state index contributed by atoms with van der Waals surface area (Å²) in [7, 11) is 0. The predicted molar refractivity (Wildman–Crippen MR) is 73.1 cm³/mol. The lowest BCUT2D eigenvalue weighted by Gasteiger charge is -2.26. The molecule has 0 saturated carbocycles. The Balaban J connectivity index is 2.48. The highest BCUT2D eigenvalue weighted by Gasteiger charge is 2.23. The number of nitrogens with zero attached hydrogens (tertiary/aromatic N) is 3. The third kappa shape index (κ3) is 4.15. The van der Waals surface area contributed by atoms with Crippen LogP contribution in [0.1, 0.15) is 46.4 Å². The van der Waals surface area contributed by atoms with Gasteiger partial charge in [0.25, 0.3) is 0 Å². The lowest BCUT2D eigenvalue weighted by atomic mass is 9.96. The van der Waals surface area contributed by atoms with E-state index in [0.29, 0.717) is 6.04 Å². The van der Waals surface area contributed by atoms with Crippen LogP contribution in [0.4, 0.5) is 0 Å². The largest absolute Gasteiger partial charge is 0.335 e. The third-order valence-electron chi connectivity index (χ3n) is 3.05. The first kappa shape index (κ1) is 14.7. The van der Waals surface area contributed by atoms with Gasteiger partial charge in [0, 0.05) is 31.4 Å². The summed E-state index contributed by atoms with van der Waals surface area (Å²) in [5.41, 5.74) is -0.429. The quantitative estimate of drug-likeness (QED) is 0.806. The summed E-state index contributed by atoms with van der Waals surface area (Å²) in [6.07, 6.45) is 6.63. The summed E-state index contributed by atoms with van der Waals surface area (Å²) in [5, 5.41) is 12.6. The smallest absolute Gasteiger partial charge is 0.108 e. The maximum absolute atomic E-state index is 9.26. The molecule has 0 spiro atoms. The first-order valence-corrected chi connectivity index (χ1v) is 6.69. The second-order valence-corrected chi connectivity index (χ2v) is 5.24. The summed E-state index contributed by atoms with van der Waals surface area (Å²) in [6.45, 7) is 9.15. The van der Waals surface area contributed by atoms with Crippen molar-refractivity contribution < 1.29 is 0 Å². The first-order valence-electron chi connectivity index (χ1n) is 6.69. The molecule has 1 N–H and O–H groups in total. The van der Waals surface area contributed by atoms with Gasteiger partial charge in [0.15, 0.2) is 0 Å². The van der Waals surface area contributed by atoms with Crippen molar-refractivity contribution in [3.63, 3.8) is 0 Å². The minimum atomic E-state index is -0.429. The molecule has 0 bridgehead atoms. The maximum atomic E-state index is 9.26. The van der Waals surface area contributed by atoms with Crippen molar-refractivity contribution in [1.29, 1.82) is 5.26 Å². The zero-order valence-electron chi connectivity index (χ0n) is 11.9. The van der Waals surface area contributed by atoms with Crippen molar-refractivity contribution >= 4 is 0 Å². The fourth-order valence-corrected chi connectivity index (χ4v) is 2.26. The van der Waals surface area contributed by atoms with E-state index in [1.165, 1.54) is 0 Å². The highest BCUT2D eigenvalue weighted by molar-refractivity contribution is 5.04. The van der Waals surface area contributed by atoms with Crippen molar-refractivity contribution in [3.05, 3.63) is 18.2 Å². The van der Waals surface area contributed by atoms with E-state index in [-0.39, 0.29) is 0 Å². The Hall–Kier alpha value is -1.34. The van der Waals surface area contributed by atoms with Gasteiger partial charge in [-0.25, -0.2) is 4.98 Å². The number of aryl methyl sites for hydroxylation is 2. The average Bonchev–Trinajstić information content (AvgIpc) is 2.75. The molecule has 0 saturated heterocycles. The highest BCUT2D eigenvalue weighted by Crippen LogP contribution is 2.14. The molecular weight excluding hydrogens is 224 g/mol. The van der Waals surface area contributed by atoms with Gasteiger partial charge in [0.2, 0.25) is 0 Å². The molecule has 0 radical (unpaired) electrons. The molecule has 0 aliphatic carbocycles. The Morgan fingerprint density at radius 2 is 2.28 bits per heavy atom. The molecule has 1 unspecified atom stereocenters. The van der Waals surface area contributed by atoms with Gasteiger partial charge in [0.05, 0.1) is 6.07 Å². The van der Waals surface area contributed by atoms with Crippen LogP contribution in [0.3, 0.4) is 0 Å². The van der Waals surface area contributed by atoms with Crippen LogP contribution >= 0.6 is 0 Å². The van der Waals surface area contributed by atoms with E-state index in [0.717, 1.165) is 31.6 Å². The maximum Gasteiger partial charge on any atom is 0.108 e. The molecule has 0 aliphatic heterocycles. The molecular formula is C14H24N4. The van der Waals surface area contributed by atoms with E-state index in [2.05, 4.69) is 41.7 Å². The van der Waals surface area contributed by atoms with Gasteiger partial charge in [-0.3, -0.25) is 5.32 Å². The summed E-state index contributed by atoms with van der Waals surface area (Å²) in [4.78, 5) is 4.30. The standard InChI is InChI=1S/C14H24N4/c1-5-13-16-8-10-18(13)9-6-7-14(4,11-15)17-12(2)3/h8,10,12,17H,5-7,9H2,1-4H3. The van der Waals surface area contributed by atoms with Crippen LogP contribution in [0.5, 0.6) is 0 Å². The van der Waals surface area contributed by atoms with Crippen LogP contribution in [0.15, 0.2) is 12.4 Å². The van der Waals surface area contributed by atoms with Crippen LogP contribution in [0.2, 0.25) is 0 Å². The Morgan fingerprint density at radius 1 is 1.56 bits per heavy atom. The second kappa shape index (κ2) is 6.55. The fourth-order valence-electron chi connectivity index (χ4n) is 2.26. The SMILES string of the molecule is CCc1nccn1CCCC(C)(C#N)NC(C)C. The lowest BCUT2D eigenvalue weighted by Crippen LogP contribution is -2.45. The third-order valence-corrected chi connectivity index (χ3v) is 3.05. The Bertz CT molecular complexity index is 402. The Kier molecular flexibility index (Phi) is 5.36. The molecule has 1 aromatic heterocycles. The van der Waals surface area contributed by atoms with Crippen molar-refractivity contribution in [1.82, 2.24) is 14.9 Å². The summed E-state index contributed by atoms with van der Waals surface area (Å²) < 4.78 is 2.17. The minimum absolute atomic E-state index is 0.328. The van der Waals surface area contributed by atoms with Gasteiger partial charge in [-0.2, -0.15) is 5.26 Å². The normalized spacial score (nSPS) is 14.4. The molecule has 0 aromatic carbocycles. The molecule has 1 aromatic rings. The van der Waals surface area contributed by atoms with Crippen molar-refractivity contribution in [2.24, 2.45) is 0 Å². The monoisotopic (exact) mass is 248 g/mol. The Morgan fingerprint density at radius 3 is 2.83 bits per heavy atom. The van der Waals surface area contributed by atoms with E-state index in [9.17, 15) is 5.26 Å². The van der Waals surface area contributed by atoms with Crippen LogP contribution in [0.25, 0.3) is 0 Å². The highest BCUT2D eigenvalue weighted by atomic mass is 15.1. The molecule has 4 heteroatoms. The Labute approximate surface area is 110 Å². The molecule has 4 nitrogen and oxygen atoms in total. The summed E-state index contributed by atoms with van der Waals surface area (Å²) in [5.74, 6) is 1.12. The van der Waals surface area contributed by atoms with E-state index in [1.807, 2.05) is 19.3 Å². The minimum Gasteiger partial charge on any atom is -0.335 e. The van der Waals surface area contributed by atoms with Crippen molar-refractivity contribution in [3.8, 4) is 6.07 Å². The number of hydrogen-bond donors (Lipinski definition) is 1. The fraction of sp³-hybridized carbons (Fsp3) is 0.714. The van der Waals surface area contributed by atoms with E-state index in [4.69, 9.17) is 0 Å². The molecule has 1 heterocycles. The van der Waals surface area contributed by atoms with Crippen LogP contribution < -0.4 is 5.32 Å². The number of nitriles is 1. The van der Waals surface area contributed by atoms with Crippen LogP contribution in [0, 0.1) is 11.3 Å². The van der Waals surface area contributed by atoms with Gasteiger partial charge in [-0.1, -0.05) is 6.92 Å². The molecule has 0 aliphatic rings. The van der Waals surface area contributed by atoms with Gasteiger partial charge >= 0.3 is 0 Å². The summed E-state index contributed by atoms with van der Waals surface area (Å²) in [6, 6.07) is 2.71. The van der Waals surface area contributed by atoms with Gasteiger partial charge in [0.1, 0.15) is 11.4 Å². The topological polar surface area (TPSA) is 53.6 Å². The van der Waals surface area contributed by atoms with Gasteiger partial charge in [-0.15, -0.1) is 0 Å². The number of hydrogen-bond acceptors (Lipinski definition) is 3. The zero-order chi connectivity index (χ0) is 13.6. The number of nitrogens with one attached hydrogen (secondary N) is 1. The van der Waals surface area contributed by atoms with Gasteiger partial charge < -0.3 is 4.57 Å². The van der Waals surface area contributed by atoms with Crippen molar-refractivity contribution in [2.75, 3.05) is 0 Å². The molecule has 0 amide bonds. The molecule has 100 valence electrons. The number of imidazole rings is 1. The predicted octanol–water partition coefficient (Wildman–Crippen LogP) is 2.51. The summed E-state index contributed by atoms with van der Waals surface area (Å²) >= 11 is 0. The van der Waals surface area contributed by atoms with E-state index in [1.54, 1.807) is 0 Å². The van der Waals surface area contributed by atoms with Crippen LogP contribution in [-0.2, 0) is 13.0 Å². The number of rotatable bonds is 7. The second-order valence-electron chi connectivity index (χ2n) is 5.24. The van der Waals surface area contributed by atoms with E-state index >= 15 is 0 Å². The van der Waals surface area contributed by atoms with E-state index < -0.39 is 5.54 Å². The van der Waals surface area contributed by atoms with Crippen LogP contribution in [-0.4, -0.2) is 21.1 Å². The zero-order valence-corrected chi connectivity index (χ0v) is 11.9. The number of aromatic nitrogens is 2. The molecule has 1 rings (SSSR count). The van der Waals surface area contributed by atoms with Gasteiger partial charge in [-0.05, 0) is 33.6 Å². The molecule has 0 fully saturated rings. The lowest BCUT2D eigenvalue weighted by molar-refractivity contribution is 0.363. The first-order chi connectivity index (χ1) is 8.50. The van der Waals surface area contributed by atoms with Crippen molar-refractivity contribution in [2.45, 2.75) is 65.1 Å².